The molecule has 1 saturated carbocycles. The zero-order valence-electron chi connectivity index (χ0n) is 16.6. The van der Waals surface area contributed by atoms with Crippen LogP contribution in [0.1, 0.15) is 41.7 Å². The number of rotatable bonds is 6. The number of benzene rings is 1. The van der Waals surface area contributed by atoms with Crippen LogP contribution in [0.3, 0.4) is 0 Å². The summed E-state index contributed by atoms with van der Waals surface area (Å²) in [6.07, 6.45) is 7.57. The van der Waals surface area contributed by atoms with Gasteiger partial charge in [-0.1, -0.05) is 6.07 Å². The van der Waals surface area contributed by atoms with Crippen molar-refractivity contribution in [3.63, 3.8) is 0 Å². The van der Waals surface area contributed by atoms with E-state index in [0.29, 0.717) is 23.2 Å². The van der Waals surface area contributed by atoms with Gasteiger partial charge in [-0.05, 0) is 44.4 Å². The summed E-state index contributed by atoms with van der Waals surface area (Å²) in [5, 5.41) is 18.7. The molecular weight excluding hydrogens is 385 g/mol. The number of anilines is 2. The molecule has 2 N–H and O–H groups in total. The summed E-state index contributed by atoms with van der Waals surface area (Å²) in [5.74, 6) is -0.952. The van der Waals surface area contributed by atoms with Gasteiger partial charge in [0, 0.05) is 18.0 Å². The van der Waals surface area contributed by atoms with Crippen molar-refractivity contribution >= 4 is 17.5 Å². The predicted octanol–water partition coefficient (Wildman–Crippen LogP) is 3.51. The number of nitrogens with zero attached hydrogens (tertiary/aromatic N) is 5. The molecule has 9 heteroatoms. The summed E-state index contributed by atoms with van der Waals surface area (Å²) in [5.41, 5.74) is 2.50. The van der Waals surface area contributed by atoms with Crippen LogP contribution in [-0.2, 0) is 0 Å². The van der Waals surface area contributed by atoms with Gasteiger partial charge in [0.1, 0.15) is 11.9 Å². The van der Waals surface area contributed by atoms with Gasteiger partial charge in [-0.2, -0.15) is 10.4 Å². The molecule has 4 rings (SSSR count). The van der Waals surface area contributed by atoms with Gasteiger partial charge in [-0.15, -0.1) is 0 Å². The Morgan fingerprint density at radius 3 is 2.87 bits per heavy atom. The topological polar surface area (TPSA) is 109 Å². The number of carbonyl (C=O) groups excluding carboxylic acids is 1. The van der Waals surface area contributed by atoms with Gasteiger partial charge in [0.15, 0.2) is 0 Å². The number of hydrogen-bond donors (Lipinski definition) is 2. The maximum atomic E-state index is 14.6. The first-order chi connectivity index (χ1) is 14.4. The van der Waals surface area contributed by atoms with E-state index in [9.17, 15) is 9.18 Å². The lowest BCUT2D eigenvalue weighted by Gasteiger charge is -2.11. The number of aromatic nitrogens is 4. The van der Waals surface area contributed by atoms with E-state index in [2.05, 4.69) is 25.7 Å². The zero-order chi connectivity index (χ0) is 21.3. The first kappa shape index (κ1) is 19.5. The van der Waals surface area contributed by atoms with Crippen molar-refractivity contribution in [2.24, 2.45) is 0 Å². The molecule has 0 radical (unpaired) electrons. The molecule has 0 spiro atoms. The van der Waals surface area contributed by atoms with E-state index in [1.54, 1.807) is 18.5 Å². The average Bonchev–Trinajstić information content (AvgIpc) is 3.48. The first-order valence-corrected chi connectivity index (χ1v) is 9.60. The van der Waals surface area contributed by atoms with Gasteiger partial charge in [-0.3, -0.25) is 9.48 Å². The van der Waals surface area contributed by atoms with Gasteiger partial charge in [0.25, 0.3) is 5.91 Å². The fraction of sp³-hybridized carbons (Fsp3) is 0.286. The van der Waals surface area contributed by atoms with Crippen molar-refractivity contribution in [1.82, 2.24) is 25.1 Å². The van der Waals surface area contributed by atoms with Gasteiger partial charge in [0.05, 0.1) is 35.3 Å². The van der Waals surface area contributed by atoms with Crippen molar-refractivity contribution in [3.8, 4) is 17.3 Å². The highest BCUT2D eigenvalue weighted by atomic mass is 19.1. The number of hydrogen-bond acceptors (Lipinski definition) is 6. The highest BCUT2D eigenvalue weighted by Gasteiger charge is 2.24. The molecule has 1 unspecified atom stereocenters. The summed E-state index contributed by atoms with van der Waals surface area (Å²) >= 11 is 0. The minimum Gasteiger partial charge on any atom is -0.336 e. The lowest BCUT2D eigenvalue weighted by Crippen LogP contribution is -2.31. The lowest BCUT2D eigenvalue weighted by atomic mass is 10.0. The van der Waals surface area contributed by atoms with Crippen LogP contribution < -0.4 is 10.6 Å². The van der Waals surface area contributed by atoms with E-state index in [4.69, 9.17) is 5.26 Å². The van der Waals surface area contributed by atoms with E-state index in [1.165, 1.54) is 19.1 Å². The number of aryl methyl sites for hydroxylation is 1. The second-order valence-electron chi connectivity index (χ2n) is 7.31. The van der Waals surface area contributed by atoms with Crippen LogP contribution in [0.2, 0.25) is 0 Å². The van der Waals surface area contributed by atoms with Crippen LogP contribution in [0.15, 0.2) is 36.8 Å². The molecule has 152 valence electrons. The minimum atomic E-state index is -0.710. The van der Waals surface area contributed by atoms with Crippen molar-refractivity contribution in [3.05, 3.63) is 53.7 Å². The molecule has 2 aromatic heterocycles. The summed E-state index contributed by atoms with van der Waals surface area (Å²) < 4.78 is 16.5. The smallest absolute Gasteiger partial charge is 0.255 e. The lowest BCUT2D eigenvalue weighted by molar-refractivity contribution is 0.0944. The van der Waals surface area contributed by atoms with Crippen LogP contribution in [-0.4, -0.2) is 31.7 Å². The Morgan fingerprint density at radius 2 is 2.17 bits per heavy atom. The molecule has 0 bridgehead atoms. The molecule has 1 fully saturated rings. The monoisotopic (exact) mass is 405 g/mol. The number of nitriles is 1. The van der Waals surface area contributed by atoms with Gasteiger partial charge >= 0.3 is 0 Å². The van der Waals surface area contributed by atoms with Crippen molar-refractivity contribution in [2.45, 2.75) is 38.8 Å². The highest BCUT2D eigenvalue weighted by molar-refractivity contribution is 5.95. The molecule has 1 atom stereocenters. The quantitative estimate of drug-likeness (QED) is 0.650. The first-order valence-electron chi connectivity index (χ1n) is 9.60. The normalized spacial score (nSPS) is 14.1. The molecule has 2 heterocycles. The predicted molar refractivity (Wildman–Crippen MR) is 108 cm³/mol. The zero-order valence-corrected chi connectivity index (χ0v) is 16.6. The largest absolute Gasteiger partial charge is 0.336 e. The average molecular weight is 405 g/mol. The SMILES string of the molecule is Cc1cnc(Nc2cnn(C3CC3)c2)nc1-c1ccc(C(=O)NC(C)C#N)c(F)c1. The number of nitrogens with one attached hydrogen (secondary N) is 2. The Labute approximate surface area is 172 Å². The Bertz CT molecular complexity index is 1150. The number of carbonyl (C=O) groups is 1. The third-order valence-electron chi connectivity index (χ3n) is 4.78. The third-order valence-corrected chi connectivity index (χ3v) is 4.78. The van der Waals surface area contributed by atoms with E-state index >= 15 is 0 Å². The van der Waals surface area contributed by atoms with Crippen molar-refractivity contribution < 1.29 is 9.18 Å². The summed E-state index contributed by atoms with van der Waals surface area (Å²) in [4.78, 5) is 20.9. The molecule has 30 heavy (non-hydrogen) atoms. The molecule has 0 aliphatic heterocycles. The fourth-order valence-electron chi connectivity index (χ4n) is 3.02. The molecule has 1 aliphatic rings. The number of amides is 1. The highest BCUT2D eigenvalue weighted by Crippen LogP contribution is 2.34. The van der Waals surface area contributed by atoms with E-state index in [1.807, 2.05) is 23.9 Å². The van der Waals surface area contributed by atoms with E-state index in [0.717, 1.165) is 24.1 Å². The van der Waals surface area contributed by atoms with Gasteiger partial charge in [-0.25, -0.2) is 14.4 Å². The van der Waals surface area contributed by atoms with E-state index in [-0.39, 0.29) is 5.56 Å². The molecule has 1 aromatic carbocycles. The molecule has 0 saturated heterocycles. The molecule has 1 aliphatic carbocycles. The summed E-state index contributed by atoms with van der Waals surface area (Å²) in [6.45, 7) is 3.36. The van der Waals surface area contributed by atoms with Crippen LogP contribution in [0, 0.1) is 24.1 Å². The second kappa shape index (κ2) is 7.91. The van der Waals surface area contributed by atoms with Crippen LogP contribution in [0.4, 0.5) is 16.0 Å². The molecule has 3 aromatic rings. The maximum Gasteiger partial charge on any atom is 0.255 e. The number of halogens is 1. The van der Waals surface area contributed by atoms with Crippen molar-refractivity contribution in [2.75, 3.05) is 5.32 Å². The minimum absolute atomic E-state index is 0.126. The van der Waals surface area contributed by atoms with E-state index < -0.39 is 17.8 Å². The Kier molecular flexibility index (Phi) is 5.14. The van der Waals surface area contributed by atoms with Gasteiger partial charge < -0.3 is 10.6 Å². The fourth-order valence-corrected chi connectivity index (χ4v) is 3.02. The maximum absolute atomic E-state index is 14.6. The summed E-state index contributed by atoms with van der Waals surface area (Å²) in [6, 6.07) is 5.92. The van der Waals surface area contributed by atoms with Crippen LogP contribution in [0.25, 0.3) is 11.3 Å². The molecule has 8 nitrogen and oxygen atoms in total. The Hall–Kier alpha value is -3.80. The Balaban J connectivity index is 1.57. The Morgan fingerprint density at radius 1 is 1.37 bits per heavy atom. The van der Waals surface area contributed by atoms with Crippen LogP contribution >= 0.6 is 0 Å². The molecular formula is C21H20FN7O. The third kappa shape index (κ3) is 4.12. The summed E-state index contributed by atoms with van der Waals surface area (Å²) in [7, 11) is 0. The van der Waals surface area contributed by atoms with Crippen LogP contribution in [0.5, 0.6) is 0 Å². The molecule has 1 amide bonds. The second-order valence-corrected chi connectivity index (χ2v) is 7.31. The van der Waals surface area contributed by atoms with Gasteiger partial charge in [0.2, 0.25) is 5.95 Å². The van der Waals surface area contributed by atoms with Crippen molar-refractivity contribution in [1.29, 1.82) is 5.26 Å². The standard InChI is InChI=1S/C21H20FN7O/c1-12-9-24-21(27-15-10-25-29(11-15)16-4-5-16)28-19(12)14-3-6-17(18(22)7-14)20(30)26-13(2)8-23/h3,6-7,9-11,13,16H,4-5H2,1-2H3,(H,26,30)(H,24,27,28).